The Balaban J connectivity index is 2.22. The Bertz CT molecular complexity index is 980. The van der Waals surface area contributed by atoms with E-state index < -0.39 is 17.7 Å². The maximum atomic E-state index is 12.9. The normalized spacial score (nSPS) is 12.3. The number of H-pyrrole nitrogens is 1. The standard InChI is InChI=1S/C18H15ClN2O4/c1-9(18(24)25)15-12-7-11(19)2-3-13(12)21-16(15)17(23)14-6-10(8-22)4-5-20-14/h2-7,9,21-22H,8H2,1H3,(H,24,25). The number of aliphatic hydroxyl groups excluding tert-OH is 1. The second-order valence-electron chi connectivity index (χ2n) is 5.70. The molecule has 3 aromatic rings. The molecule has 0 amide bonds. The van der Waals surface area contributed by atoms with E-state index in [-0.39, 0.29) is 18.0 Å². The zero-order valence-electron chi connectivity index (χ0n) is 13.3. The van der Waals surface area contributed by atoms with Gasteiger partial charge in [0.05, 0.1) is 18.2 Å². The minimum Gasteiger partial charge on any atom is -0.481 e. The summed E-state index contributed by atoms with van der Waals surface area (Å²) in [6.07, 6.45) is 1.43. The molecule has 6 nitrogen and oxygen atoms in total. The van der Waals surface area contributed by atoms with Crippen molar-refractivity contribution in [3.8, 4) is 0 Å². The Morgan fingerprint density at radius 3 is 2.72 bits per heavy atom. The van der Waals surface area contributed by atoms with Crippen molar-refractivity contribution in [1.82, 2.24) is 9.97 Å². The summed E-state index contributed by atoms with van der Waals surface area (Å²) in [7, 11) is 0. The van der Waals surface area contributed by atoms with E-state index in [0.29, 0.717) is 27.1 Å². The molecule has 2 aromatic heterocycles. The summed E-state index contributed by atoms with van der Waals surface area (Å²) in [5, 5.41) is 19.7. The van der Waals surface area contributed by atoms with Gasteiger partial charge < -0.3 is 15.2 Å². The van der Waals surface area contributed by atoms with Gasteiger partial charge in [0.2, 0.25) is 5.78 Å². The third kappa shape index (κ3) is 3.14. The summed E-state index contributed by atoms with van der Waals surface area (Å²) in [6.45, 7) is 1.30. The van der Waals surface area contributed by atoms with Gasteiger partial charge in [-0.2, -0.15) is 0 Å². The Kier molecular flexibility index (Phi) is 4.57. The number of carbonyl (C=O) groups excluding carboxylic acids is 1. The van der Waals surface area contributed by atoms with Crippen molar-refractivity contribution in [2.75, 3.05) is 0 Å². The van der Waals surface area contributed by atoms with Crippen molar-refractivity contribution in [2.45, 2.75) is 19.4 Å². The second-order valence-corrected chi connectivity index (χ2v) is 6.14. The molecule has 0 spiro atoms. The number of hydrogen-bond acceptors (Lipinski definition) is 4. The lowest BCUT2D eigenvalue weighted by Gasteiger charge is -2.09. The van der Waals surface area contributed by atoms with Crippen molar-refractivity contribution >= 4 is 34.3 Å². The minimum absolute atomic E-state index is 0.128. The van der Waals surface area contributed by atoms with Crippen LogP contribution < -0.4 is 0 Å². The van der Waals surface area contributed by atoms with Crippen molar-refractivity contribution in [3.63, 3.8) is 0 Å². The van der Waals surface area contributed by atoms with Gasteiger partial charge in [-0.15, -0.1) is 0 Å². The summed E-state index contributed by atoms with van der Waals surface area (Å²) in [5.74, 6) is -2.40. The van der Waals surface area contributed by atoms with E-state index in [4.69, 9.17) is 11.6 Å². The van der Waals surface area contributed by atoms with Crippen LogP contribution in [-0.4, -0.2) is 31.9 Å². The van der Waals surface area contributed by atoms with Gasteiger partial charge in [-0.1, -0.05) is 11.6 Å². The predicted octanol–water partition coefficient (Wildman–Crippen LogP) is 3.13. The van der Waals surface area contributed by atoms with Crippen molar-refractivity contribution in [1.29, 1.82) is 0 Å². The number of benzene rings is 1. The molecule has 3 rings (SSSR count). The highest BCUT2D eigenvalue weighted by Crippen LogP contribution is 2.32. The number of nitrogens with one attached hydrogen (secondary N) is 1. The first kappa shape index (κ1) is 17.1. The number of hydrogen-bond donors (Lipinski definition) is 3. The average Bonchev–Trinajstić information content (AvgIpc) is 2.98. The molecule has 1 unspecified atom stereocenters. The first-order valence-corrected chi connectivity index (χ1v) is 7.94. The lowest BCUT2D eigenvalue weighted by molar-refractivity contribution is -0.138. The zero-order chi connectivity index (χ0) is 18.1. The van der Waals surface area contributed by atoms with Crippen LogP contribution in [0.5, 0.6) is 0 Å². The van der Waals surface area contributed by atoms with Gasteiger partial charge in [0.25, 0.3) is 0 Å². The van der Waals surface area contributed by atoms with Gasteiger partial charge >= 0.3 is 5.97 Å². The molecule has 128 valence electrons. The lowest BCUT2D eigenvalue weighted by Crippen LogP contribution is -2.14. The highest BCUT2D eigenvalue weighted by atomic mass is 35.5. The van der Waals surface area contributed by atoms with Gasteiger partial charge in [0.1, 0.15) is 5.69 Å². The number of fused-ring (bicyclic) bond motifs is 1. The third-order valence-electron chi connectivity index (χ3n) is 4.07. The highest BCUT2D eigenvalue weighted by Gasteiger charge is 2.27. The molecule has 25 heavy (non-hydrogen) atoms. The molecule has 2 heterocycles. The number of ketones is 1. The largest absolute Gasteiger partial charge is 0.481 e. The van der Waals surface area contributed by atoms with Crippen LogP contribution in [0.4, 0.5) is 0 Å². The predicted molar refractivity (Wildman–Crippen MR) is 93.0 cm³/mol. The number of carbonyl (C=O) groups is 2. The molecular formula is C18H15ClN2O4. The molecule has 0 saturated heterocycles. The number of pyridine rings is 1. The third-order valence-corrected chi connectivity index (χ3v) is 4.31. The van der Waals surface area contributed by atoms with E-state index in [9.17, 15) is 19.8 Å². The van der Waals surface area contributed by atoms with Gasteiger partial charge in [-0.05, 0) is 42.8 Å². The van der Waals surface area contributed by atoms with Crippen molar-refractivity contribution in [2.24, 2.45) is 0 Å². The van der Waals surface area contributed by atoms with Crippen LogP contribution in [0.15, 0.2) is 36.5 Å². The van der Waals surface area contributed by atoms with Crippen LogP contribution in [0.2, 0.25) is 5.02 Å². The number of aliphatic hydroxyl groups is 1. The number of aromatic nitrogens is 2. The van der Waals surface area contributed by atoms with Crippen LogP contribution in [-0.2, 0) is 11.4 Å². The van der Waals surface area contributed by atoms with Crippen LogP contribution in [0.3, 0.4) is 0 Å². The molecule has 1 atom stereocenters. The fourth-order valence-electron chi connectivity index (χ4n) is 2.76. The Hall–Kier alpha value is -2.70. The number of rotatable bonds is 5. The van der Waals surface area contributed by atoms with Crippen LogP contribution in [0, 0.1) is 0 Å². The SMILES string of the molecule is CC(C(=O)O)c1c(C(=O)c2cc(CO)ccn2)[nH]c2ccc(Cl)cc12. The smallest absolute Gasteiger partial charge is 0.310 e. The first-order chi connectivity index (χ1) is 11.9. The summed E-state index contributed by atoms with van der Waals surface area (Å²) in [6, 6.07) is 8.08. The maximum Gasteiger partial charge on any atom is 0.310 e. The molecule has 0 bridgehead atoms. The topological polar surface area (TPSA) is 103 Å². The van der Waals surface area contributed by atoms with Crippen molar-refractivity contribution in [3.05, 3.63) is 64.1 Å². The summed E-state index contributed by atoms with van der Waals surface area (Å²) in [4.78, 5) is 31.5. The zero-order valence-corrected chi connectivity index (χ0v) is 14.0. The minimum atomic E-state index is -1.05. The van der Waals surface area contributed by atoms with Crippen LogP contribution in [0.25, 0.3) is 10.9 Å². The molecule has 3 N–H and O–H groups in total. The summed E-state index contributed by atoms with van der Waals surface area (Å²) < 4.78 is 0. The van der Waals surface area contributed by atoms with Gasteiger partial charge in [-0.3, -0.25) is 14.6 Å². The number of carboxylic acid groups (broad SMARTS) is 1. The molecule has 0 aliphatic rings. The van der Waals surface area contributed by atoms with E-state index in [1.165, 1.54) is 19.2 Å². The quantitative estimate of drug-likeness (QED) is 0.608. The van der Waals surface area contributed by atoms with Gasteiger partial charge in [0, 0.05) is 27.7 Å². The Morgan fingerprint density at radius 2 is 2.04 bits per heavy atom. The molecule has 1 aromatic carbocycles. The molecule has 0 fully saturated rings. The fourth-order valence-corrected chi connectivity index (χ4v) is 2.93. The number of carboxylic acids is 1. The highest BCUT2D eigenvalue weighted by molar-refractivity contribution is 6.31. The van der Waals surface area contributed by atoms with E-state index in [1.807, 2.05) is 0 Å². The van der Waals surface area contributed by atoms with E-state index >= 15 is 0 Å². The monoisotopic (exact) mass is 358 g/mol. The molecule has 0 aliphatic carbocycles. The number of nitrogens with zero attached hydrogens (tertiary/aromatic N) is 1. The first-order valence-electron chi connectivity index (χ1n) is 7.56. The molecule has 7 heteroatoms. The maximum absolute atomic E-state index is 12.9. The van der Waals surface area contributed by atoms with E-state index in [1.54, 1.807) is 24.3 Å². The average molecular weight is 359 g/mol. The van der Waals surface area contributed by atoms with Crippen molar-refractivity contribution < 1.29 is 19.8 Å². The second kappa shape index (κ2) is 6.66. The Morgan fingerprint density at radius 1 is 1.28 bits per heavy atom. The van der Waals surface area contributed by atoms with E-state index in [0.717, 1.165) is 0 Å². The molecular weight excluding hydrogens is 344 g/mol. The molecule has 0 saturated carbocycles. The molecule has 0 radical (unpaired) electrons. The van der Waals surface area contributed by atoms with E-state index in [2.05, 4.69) is 9.97 Å². The van der Waals surface area contributed by atoms with Gasteiger partial charge in [0.15, 0.2) is 0 Å². The number of halogens is 1. The summed E-state index contributed by atoms with van der Waals surface area (Å²) in [5.41, 5.74) is 1.82. The van der Waals surface area contributed by atoms with Crippen LogP contribution >= 0.6 is 11.6 Å². The lowest BCUT2D eigenvalue weighted by atomic mass is 9.95. The Labute approximate surface area is 148 Å². The number of aliphatic carboxylic acids is 1. The van der Waals surface area contributed by atoms with Crippen LogP contribution in [0.1, 0.15) is 40.2 Å². The molecule has 0 aliphatic heterocycles. The summed E-state index contributed by atoms with van der Waals surface area (Å²) >= 11 is 6.03. The fraction of sp³-hybridized carbons (Fsp3) is 0.167. The van der Waals surface area contributed by atoms with Gasteiger partial charge in [-0.25, -0.2) is 0 Å². The number of aromatic amines is 1.